The third-order valence-corrected chi connectivity index (χ3v) is 6.34. The molecular weight excluding hydrogens is 365 g/mol. The normalized spacial score (nSPS) is 14.8. The number of hydrogen-bond donors (Lipinski definition) is 0. The van der Waals surface area contributed by atoms with Gasteiger partial charge in [0.05, 0.1) is 10.7 Å². The number of hydrogen-bond acceptors (Lipinski definition) is 2. The van der Waals surface area contributed by atoms with Crippen LogP contribution in [0, 0.1) is 0 Å². The topological polar surface area (TPSA) is 37.4 Å². The average molecular weight is 377 g/mol. The summed E-state index contributed by atoms with van der Waals surface area (Å²) in [6, 6.07) is 9.65. The summed E-state index contributed by atoms with van der Waals surface area (Å²) in [6.45, 7) is 0.403. The number of fused-ring (bicyclic) bond motifs is 1. The first-order valence-electron chi connectivity index (χ1n) is 6.66. The van der Waals surface area contributed by atoms with Gasteiger partial charge in [0.25, 0.3) is 10.0 Å². The maximum Gasteiger partial charge on any atom is 0.265 e. The average Bonchev–Trinajstić information content (AvgIpc) is 2.48. The van der Waals surface area contributed by atoms with E-state index in [4.69, 9.17) is 34.8 Å². The maximum atomic E-state index is 13.0. The Labute approximate surface area is 144 Å². The van der Waals surface area contributed by atoms with Crippen LogP contribution in [0.1, 0.15) is 12.0 Å². The second-order valence-corrected chi connectivity index (χ2v) is 8.14. The molecule has 1 aliphatic rings. The Bertz CT molecular complexity index is 837. The maximum absolute atomic E-state index is 13.0. The molecule has 1 heterocycles. The van der Waals surface area contributed by atoms with E-state index in [0.29, 0.717) is 22.3 Å². The summed E-state index contributed by atoms with van der Waals surface area (Å²) in [6.07, 6.45) is 1.52. The van der Waals surface area contributed by atoms with Crippen LogP contribution >= 0.6 is 34.8 Å². The quantitative estimate of drug-likeness (QED) is 0.756. The molecule has 0 spiro atoms. The van der Waals surface area contributed by atoms with Crippen molar-refractivity contribution in [2.75, 3.05) is 10.8 Å². The number of benzene rings is 2. The standard InChI is InChI=1S/C15H12Cl3NO2S/c16-11-4-6-14-10(8-11)2-1-7-19(14)22(20,21)15-9-12(17)3-5-13(15)18/h3-6,8-9H,1-2,7H2. The molecule has 7 heteroatoms. The zero-order valence-corrected chi connectivity index (χ0v) is 14.5. The fraction of sp³-hybridized carbons (Fsp3) is 0.200. The van der Waals surface area contributed by atoms with Gasteiger partial charge in [-0.05, 0) is 54.8 Å². The van der Waals surface area contributed by atoms with Crippen molar-refractivity contribution < 1.29 is 8.42 Å². The second kappa shape index (κ2) is 5.93. The summed E-state index contributed by atoms with van der Waals surface area (Å²) in [5.74, 6) is 0. The molecule has 3 rings (SSSR count). The summed E-state index contributed by atoms with van der Waals surface area (Å²) < 4.78 is 27.3. The number of sulfonamides is 1. The monoisotopic (exact) mass is 375 g/mol. The van der Waals surface area contributed by atoms with Gasteiger partial charge in [-0.2, -0.15) is 0 Å². The molecule has 0 fully saturated rings. The molecule has 0 aliphatic carbocycles. The van der Waals surface area contributed by atoms with Gasteiger partial charge in [0.1, 0.15) is 4.90 Å². The lowest BCUT2D eigenvalue weighted by molar-refractivity contribution is 0.586. The highest BCUT2D eigenvalue weighted by molar-refractivity contribution is 7.93. The second-order valence-electron chi connectivity index (χ2n) is 5.03. The van der Waals surface area contributed by atoms with E-state index in [0.717, 1.165) is 18.4 Å². The molecule has 0 unspecified atom stereocenters. The molecule has 2 aromatic carbocycles. The molecule has 0 radical (unpaired) electrons. The van der Waals surface area contributed by atoms with Gasteiger partial charge in [-0.3, -0.25) is 4.31 Å². The third-order valence-electron chi connectivity index (χ3n) is 3.58. The predicted molar refractivity (Wildman–Crippen MR) is 90.8 cm³/mol. The fourth-order valence-corrected chi connectivity index (χ4v) is 5.05. The van der Waals surface area contributed by atoms with E-state index in [2.05, 4.69) is 0 Å². The minimum atomic E-state index is -3.77. The molecule has 0 atom stereocenters. The number of rotatable bonds is 2. The van der Waals surface area contributed by atoms with E-state index in [-0.39, 0.29) is 9.92 Å². The van der Waals surface area contributed by atoms with Crippen LogP contribution in [0.2, 0.25) is 15.1 Å². The predicted octanol–water partition coefficient (Wildman–Crippen LogP) is 4.79. The van der Waals surface area contributed by atoms with Crippen molar-refractivity contribution in [3.63, 3.8) is 0 Å². The van der Waals surface area contributed by atoms with Gasteiger partial charge >= 0.3 is 0 Å². The van der Waals surface area contributed by atoms with Crippen LogP contribution in [0.15, 0.2) is 41.3 Å². The molecule has 116 valence electrons. The highest BCUT2D eigenvalue weighted by Gasteiger charge is 2.30. The molecule has 2 aromatic rings. The Morgan fingerprint density at radius 3 is 2.41 bits per heavy atom. The van der Waals surface area contributed by atoms with Crippen molar-refractivity contribution in [1.29, 1.82) is 0 Å². The van der Waals surface area contributed by atoms with Gasteiger partial charge in [-0.15, -0.1) is 0 Å². The van der Waals surface area contributed by atoms with Crippen molar-refractivity contribution in [2.45, 2.75) is 17.7 Å². The lowest BCUT2D eigenvalue weighted by Crippen LogP contribution is -2.35. The zero-order chi connectivity index (χ0) is 15.9. The molecule has 0 saturated heterocycles. The molecule has 0 saturated carbocycles. The largest absolute Gasteiger partial charge is 0.266 e. The zero-order valence-electron chi connectivity index (χ0n) is 11.4. The van der Waals surface area contributed by atoms with E-state index in [1.165, 1.54) is 16.4 Å². The molecule has 1 aliphatic heterocycles. The highest BCUT2D eigenvalue weighted by Crippen LogP contribution is 2.36. The summed E-state index contributed by atoms with van der Waals surface area (Å²) >= 11 is 18.0. The van der Waals surface area contributed by atoms with Crippen LogP contribution < -0.4 is 4.31 Å². The molecule has 0 N–H and O–H groups in total. The first-order valence-corrected chi connectivity index (χ1v) is 9.23. The van der Waals surface area contributed by atoms with E-state index < -0.39 is 10.0 Å². The molecule has 3 nitrogen and oxygen atoms in total. The van der Waals surface area contributed by atoms with Crippen molar-refractivity contribution in [2.24, 2.45) is 0 Å². The lowest BCUT2D eigenvalue weighted by atomic mass is 10.0. The summed E-state index contributed by atoms with van der Waals surface area (Å²) in [5, 5.41) is 1.08. The van der Waals surface area contributed by atoms with Crippen molar-refractivity contribution in [3.05, 3.63) is 57.0 Å². The summed E-state index contributed by atoms with van der Waals surface area (Å²) in [5.41, 5.74) is 1.56. The van der Waals surface area contributed by atoms with Crippen molar-refractivity contribution in [3.8, 4) is 0 Å². The minimum absolute atomic E-state index is 0.0180. The van der Waals surface area contributed by atoms with Gasteiger partial charge in [-0.1, -0.05) is 34.8 Å². The first-order chi connectivity index (χ1) is 10.4. The first kappa shape index (κ1) is 15.9. The highest BCUT2D eigenvalue weighted by atomic mass is 35.5. The van der Waals surface area contributed by atoms with Crippen LogP contribution in [0.25, 0.3) is 0 Å². The van der Waals surface area contributed by atoms with Crippen molar-refractivity contribution in [1.82, 2.24) is 0 Å². The van der Waals surface area contributed by atoms with Crippen LogP contribution in [0.4, 0.5) is 5.69 Å². The number of nitrogens with zero attached hydrogens (tertiary/aromatic N) is 1. The Morgan fingerprint density at radius 1 is 0.955 bits per heavy atom. The molecule has 22 heavy (non-hydrogen) atoms. The van der Waals surface area contributed by atoms with E-state index in [1.807, 2.05) is 0 Å². The van der Waals surface area contributed by atoms with Gasteiger partial charge in [0.2, 0.25) is 0 Å². The van der Waals surface area contributed by atoms with Gasteiger partial charge in [-0.25, -0.2) is 8.42 Å². The van der Waals surface area contributed by atoms with Crippen LogP contribution in [0.3, 0.4) is 0 Å². The lowest BCUT2D eigenvalue weighted by Gasteiger charge is -2.30. The van der Waals surface area contributed by atoms with E-state index in [9.17, 15) is 8.42 Å². The number of halogens is 3. The van der Waals surface area contributed by atoms with Gasteiger partial charge in [0, 0.05) is 16.6 Å². The number of aryl methyl sites for hydroxylation is 1. The third kappa shape index (κ3) is 2.81. The molecule has 0 bridgehead atoms. The summed E-state index contributed by atoms with van der Waals surface area (Å²) in [4.78, 5) is 0.0180. The smallest absolute Gasteiger partial charge is 0.265 e. The minimum Gasteiger partial charge on any atom is -0.266 e. The van der Waals surface area contributed by atoms with E-state index in [1.54, 1.807) is 24.3 Å². The molecule has 0 aromatic heterocycles. The summed E-state index contributed by atoms with van der Waals surface area (Å²) in [7, 11) is -3.77. The van der Waals surface area contributed by atoms with E-state index >= 15 is 0 Å². The van der Waals surface area contributed by atoms with Crippen LogP contribution in [0.5, 0.6) is 0 Å². The Morgan fingerprint density at radius 2 is 1.64 bits per heavy atom. The van der Waals surface area contributed by atoms with Crippen LogP contribution in [-0.4, -0.2) is 15.0 Å². The SMILES string of the molecule is O=S(=O)(c1cc(Cl)ccc1Cl)N1CCCc2cc(Cl)ccc21. The molecule has 0 amide bonds. The number of anilines is 1. The van der Waals surface area contributed by atoms with Gasteiger partial charge in [0.15, 0.2) is 0 Å². The Balaban J connectivity index is 2.14. The Hall–Kier alpha value is -0.940. The van der Waals surface area contributed by atoms with Crippen molar-refractivity contribution >= 4 is 50.5 Å². The molecular formula is C15H12Cl3NO2S. The fourth-order valence-electron chi connectivity index (χ4n) is 2.57. The van der Waals surface area contributed by atoms with Gasteiger partial charge < -0.3 is 0 Å². The Kier molecular flexibility index (Phi) is 4.29. The van der Waals surface area contributed by atoms with Crippen LogP contribution in [-0.2, 0) is 16.4 Å².